The van der Waals surface area contributed by atoms with E-state index in [0.717, 1.165) is 18.2 Å². The van der Waals surface area contributed by atoms with Crippen molar-refractivity contribution in [3.8, 4) is 0 Å². The zero-order valence-corrected chi connectivity index (χ0v) is 11.4. The molecule has 0 radical (unpaired) electrons. The number of aliphatic hydroxyl groups is 2. The van der Waals surface area contributed by atoms with Crippen molar-refractivity contribution in [3.05, 3.63) is 34.3 Å². The second-order valence-electron chi connectivity index (χ2n) is 3.72. The molecule has 102 valence electrons. The quantitative estimate of drug-likeness (QED) is 0.818. The molecule has 2 unspecified atom stereocenters. The molecule has 1 aromatic rings. The summed E-state index contributed by atoms with van der Waals surface area (Å²) >= 11 is 8.67. The van der Waals surface area contributed by atoms with Crippen LogP contribution in [0, 0.1) is 0 Å². The van der Waals surface area contributed by atoms with Crippen LogP contribution in [-0.2, 0) is 6.18 Å². The molecular formula is C11H11BrClF3O2. The van der Waals surface area contributed by atoms with E-state index in [1.165, 1.54) is 0 Å². The van der Waals surface area contributed by atoms with Gasteiger partial charge in [-0.1, -0.05) is 27.5 Å². The SMILES string of the molecule is OC(CCBr)C(O)c1cc(Cl)ccc1C(F)(F)F. The van der Waals surface area contributed by atoms with Crippen molar-refractivity contribution in [2.75, 3.05) is 5.33 Å². The zero-order chi connectivity index (χ0) is 13.9. The molecular weight excluding hydrogens is 336 g/mol. The summed E-state index contributed by atoms with van der Waals surface area (Å²) in [7, 11) is 0. The second-order valence-corrected chi connectivity index (χ2v) is 4.95. The average Bonchev–Trinajstić information content (AvgIpc) is 2.26. The smallest absolute Gasteiger partial charge is 0.390 e. The number of rotatable bonds is 4. The van der Waals surface area contributed by atoms with Gasteiger partial charge in [0, 0.05) is 10.4 Å². The fraction of sp³-hybridized carbons (Fsp3) is 0.455. The molecule has 1 aromatic carbocycles. The Morgan fingerprint density at radius 1 is 1.28 bits per heavy atom. The lowest BCUT2D eigenvalue weighted by molar-refractivity contribution is -0.139. The number of hydrogen-bond donors (Lipinski definition) is 2. The highest BCUT2D eigenvalue weighted by atomic mass is 79.9. The maximum Gasteiger partial charge on any atom is 0.416 e. The Morgan fingerprint density at radius 2 is 1.89 bits per heavy atom. The Kier molecular flexibility index (Phi) is 5.46. The third-order valence-electron chi connectivity index (χ3n) is 2.41. The Balaban J connectivity index is 3.17. The Bertz CT molecular complexity index is 412. The number of halogens is 5. The molecule has 0 saturated heterocycles. The van der Waals surface area contributed by atoms with Gasteiger partial charge in [0.1, 0.15) is 6.10 Å². The van der Waals surface area contributed by atoms with Crippen LogP contribution in [0.1, 0.15) is 23.7 Å². The van der Waals surface area contributed by atoms with Crippen molar-refractivity contribution in [1.82, 2.24) is 0 Å². The minimum atomic E-state index is -4.60. The van der Waals surface area contributed by atoms with E-state index in [-0.39, 0.29) is 11.4 Å². The van der Waals surface area contributed by atoms with Crippen LogP contribution in [0.15, 0.2) is 18.2 Å². The first-order valence-corrected chi connectivity index (χ1v) is 6.56. The molecule has 2 N–H and O–H groups in total. The second kappa shape index (κ2) is 6.23. The monoisotopic (exact) mass is 346 g/mol. The fourth-order valence-corrected chi connectivity index (χ4v) is 2.16. The minimum Gasteiger partial charge on any atom is -0.390 e. The summed E-state index contributed by atoms with van der Waals surface area (Å²) in [6.45, 7) is 0. The van der Waals surface area contributed by atoms with E-state index in [1.807, 2.05) is 0 Å². The van der Waals surface area contributed by atoms with E-state index in [0.29, 0.717) is 5.33 Å². The van der Waals surface area contributed by atoms with E-state index >= 15 is 0 Å². The van der Waals surface area contributed by atoms with Crippen molar-refractivity contribution in [2.45, 2.75) is 24.8 Å². The maximum absolute atomic E-state index is 12.7. The summed E-state index contributed by atoms with van der Waals surface area (Å²) in [4.78, 5) is 0. The molecule has 0 saturated carbocycles. The van der Waals surface area contributed by atoms with Gasteiger partial charge in [-0.2, -0.15) is 13.2 Å². The van der Waals surface area contributed by atoms with Gasteiger partial charge in [0.25, 0.3) is 0 Å². The van der Waals surface area contributed by atoms with Crippen molar-refractivity contribution in [2.24, 2.45) is 0 Å². The Morgan fingerprint density at radius 3 is 2.39 bits per heavy atom. The molecule has 7 heteroatoms. The lowest BCUT2D eigenvalue weighted by Gasteiger charge is -2.21. The van der Waals surface area contributed by atoms with Crippen molar-refractivity contribution < 1.29 is 23.4 Å². The molecule has 0 aliphatic carbocycles. The first kappa shape index (κ1) is 15.8. The maximum atomic E-state index is 12.7. The first-order chi connectivity index (χ1) is 8.27. The molecule has 0 aliphatic heterocycles. The fourth-order valence-electron chi connectivity index (χ4n) is 1.51. The topological polar surface area (TPSA) is 40.5 Å². The van der Waals surface area contributed by atoms with Gasteiger partial charge in [0.15, 0.2) is 0 Å². The summed E-state index contributed by atoms with van der Waals surface area (Å²) in [6, 6.07) is 2.91. The molecule has 0 bridgehead atoms. The van der Waals surface area contributed by atoms with E-state index in [4.69, 9.17) is 11.6 Å². The Labute approximate surface area is 116 Å². The third-order valence-corrected chi connectivity index (χ3v) is 3.10. The van der Waals surface area contributed by atoms with Crippen molar-refractivity contribution in [3.63, 3.8) is 0 Å². The van der Waals surface area contributed by atoms with Crippen LogP contribution in [0.2, 0.25) is 5.02 Å². The van der Waals surface area contributed by atoms with Gasteiger partial charge in [-0.15, -0.1) is 0 Å². The number of benzene rings is 1. The highest BCUT2D eigenvalue weighted by molar-refractivity contribution is 9.09. The molecule has 2 nitrogen and oxygen atoms in total. The number of aliphatic hydroxyl groups excluding tert-OH is 2. The predicted octanol–water partition coefficient (Wildman–Crippen LogP) is 3.54. The van der Waals surface area contributed by atoms with Crippen LogP contribution >= 0.6 is 27.5 Å². The molecule has 18 heavy (non-hydrogen) atoms. The largest absolute Gasteiger partial charge is 0.416 e. The van der Waals surface area contributed by atoms with Gasteiger partial charge < -0.3 is 10.2 Å². The van der Waals surface area contributed by atoms with Gasteiger partial charge >= 0.3 is 6.18 Å². The average molecular weight is 348 g/mol. The van der Waals surface area contributed by atoms with Gasteiger partial charge in [-0.25, -0.2) is 0 Å². The number of hydrogen-bond acceptors (Lipinski definition) is 2. The van der Waals surface area contributed by atoms with Crippen molar-refractivity contribution in [1.29, 1.82) is 0 Å². The van der Waals surface area contributed by atoms with E-state index in [2.05, 4.69) is 15.9 Å². The van der Waals surface area contributed by atoms with Crippen LogP contribution in [0.4, 0.5) is 13.2 Å². The Hall–Kier alpha value is -0.300. The highest BCUT2D eigenvalue weighted by Gasteiger charge is 2.36. The normalized spacial score (nSPS) is 15.5. The van der Waals surface area contributed by atoms with Crippen LogP contribution in [0.25, 0.3) is 0 Å². The van der Waals surface area contributed by atoms with Crippen LogP contribution in [-0.4, -0.2) is 21.6 Å². The minimum absolute atomic E-state index is 0.0723. The molecule has 0 fully saturated rings. The van der Waals surface area contributed by atoms with E-state index in [1.54, 1.807) is 0 Å². The predicted molar refractivity (Wildman–Crippen MR) is 65.8 cm³/mol. The van der Waals surface area contributed by atoms with Gasteiger partial charge in [-0.05, 0) is 30.2 Å². The summed E-state index contributed by atoms with van der Waals surface area (Å²) in [5.41, 5.74) is -1.41. The zero-order valence-electron chi connectivity index (χ0n) is 9.09. The van der Waals surface area contributed by atoms with Crippen LogP contribution < -0.4 is 0 Å². The van der Waals surface area contributed by atoms with Gasteiger partial charge in [0.05, 0.1) is 11.7 Å². The molecule has 0 heterocycles. The summed E-state index contributed by atoms with van der Waals surface area (Å²) in [6.07, 6.45) is -7.39. The molecule has 1 rings (SSSR count). The highest BCUT2D eigenvalue weighted by Crippen LogP contribution is 2.37. The lowest BCUT2D eigenvalue weighted by atomic mass is 9.97. The van der Waals surface area contributed by atoms with Crippen LogP contribution in [0.5, 0.6) is 0 Å². The molecule has 0 amide bonds. The van der Waals surface area contributed by atoms with Crippen molar-refractivity contribution >= 4 is 27.5 Å². The van der Waals surface area contributed by atoms with Gasteiger partial charge in [-0.3, -0.25) is 0 Å². The van der Waals surface area contributed by atoms with E-state index < -0.39 is 29.5 Å². The summed E-state index contributed by atoms with van der Waals surface area (Å²) in [5.74, 6) is 0. The lowest BCUT2D eigenvalue weighted by Crippen LogP contribution is -2.22. The molecule has 0 spiro atoms. The number of alkyl halides is 4. The molecule has 0 aromatic heterocycles. The first-order valence-electron chi connectivity index (χ1n) is 5.06. The molecule has 0 aliphatic rings. The van der Waals surface area contributed by atoms with E-state index in [9.17, 15) is 23.4 Å². The summed E-state index contributed by atoms with van der Waals surface area (Å²) < 4.78 is 38.2. The third kappa shape index (κ3) is 3.85. The standard InChI is InChI=1S/C11H11BrClF3O2/c12-4-3-9(17)10(18)7-5-6(13)1-2-8(7)11(14,15)16/h1-2,5,9-10,17-18H,3-4H2. The molecule has 2 atom stereocenters. The van der Waals surface area contributed by atoms with Crippen LogP contribution in [0.3, 0.4) is 0 Å². The summed E-state index contributed by atoms with van der Waals surface area (Å²) in [5, 5.41) is 19.8. The van der Waals surface area contributed by atoms with Gasteiger partial charge in [0.2, 0.25) is 0 Å².